The molecule has 1 aromatic heterocycles. The molecule has 2 aromatic rings. The first-order chi connectivity index (χ1) is 13.2. The summed E-state index contributed by atoms with van der Waals surface area (Å²) >= 11 is 1.68. The first kappa shape index (κ1) is 18.6. The van der Waals surface area contributed by atoms with E-state index >= 15 is 0 Å². The van der Waals surface area contributed by atoms with Gasteiger partial charge in [0.25, 0.3) is 0 Å². The van der Waals surface area contributed by atoms with Crippen molar-refractivity contribution in [3.63, 3.8) is 0 Å². The number of nitrogens with one attached hydrogen (secondary N) is 1. The van der Waals surface area contributed by atoms with E-state index in [0.29, 0.717) is 26.1 Å². The lowest BCUT2D eigenvalue weighted by atomic mass is 9.73. The molecule has 0 radical (unpaired) electrons. The van der Waals surface area contributed by atoms with Crippen LogP contribution < -0.4 is 5.32 Å². The van der Waals surface area contributed by atoms with E-state index < -0.39 is 5.41 Å². The van der Waals surface area contributed by atoms with Gasteiger partial charge in [-0.15, -0.1) is 11.3 Å². The number of hydrogen-bond acceptors (Lipinski definition) is 4. The summed E-state index contributed by atoms with van der Waals surface area (Å²) in [5, 5.41) is 3.94. The summed E-state index contributed by atoms with van der Waals surface area (Å²) in [6.07, 6.45) is 7.35. The molecule has 1 unspecified atom stereocenters. The van der Waals surface area contributed by atoms with Crippen molar-refractivity contribution in [3.05, 3.63) is 46.5 Å². The second kappa shape index (κ2) is 8.11. The number of ether oxygens (including phenoxy) is 1. The maximum atomic E-state index is 13.4. The average Bonchev–Trinajstić information content (AvgIpc) is 3.11. The van der Waals surface area contributed by atoms with Gasteiger partial charge in [-0.3, -0.25) is 4.79 Å². The molecule has 0 bridgehead atoms. The third kappa shape index (κ3) is 3.81. The van der Waals surface area contributed by atoms with Crippen LogP contribution in [0, 0.1) is 5.92 Å². The van der Waals surface area contributed by atoms with Crippen molar-refractivity contribution in [2.24, 2.45) is 5.92 Å². The highest BCUT2D eigenvalue weighted by Gasteiger charge is 2.42. The van der Waals surface area contributed by atoms with E-state index in [4.69, 9.17) is 9.72 Å². The van der Waals surface area contributed by atoms with E-state index in [9.17, 15) is 4.79 Å². The van der Waals surface area contributed by atoms with Gasteiger partial charge in [-0.2, -0.15) is 0 Å². The van der Waals surface area contributed by atoms with Crippen LogP contribution >= 0.6 is 11.3 Å². The number of aryl methyl sites for hydroxylation is 1. The number of anilines is 1. The minimum absolute atomic E-state index is 0.0632. The Kier molecular flexibility index (Phi) is 5.60. The number of carbonyl (C=O) groups excluding carboxylic acids is 1. The summed E-state index contributed by atoms with van der Waals surface area (Å²) in [6, 6.07) is 10.1. The maximum Gasteiger partial charge on any atom is 0.236 e. The molecule has 1 amide bonds. The molecule has 1 fully saturated rings. The van der Waals surface area contributed by atoms with E-state index in [0.717, 1.165) is 29.5 Å². The van der Waals surface area contributed by atoms with Crippen LogP contribution in [0.15, 0.2) is 30.3 Å². The summed E-state index contributed by atoms with van der Waals surface area (Å²) in [7, 11) is 0. The molecule has 1 N–H and O–H groups in total. The fourth-order valence-corrected chi connectivity index (χ4v) is 5.61. The lowest BCUT2D eigenvalue weighted by Crippen LogP contribution is -2.44. The lowest BCUT2D eigenvalue weighted by Gasteiger charge is -2.35. The Bertz CT molecular complexity index is 781. The van der Waals surface area contributed by atoms with Crippen molar-refractivity contribution in [2.75, 3.05) is 18.5 Å². The number of amides is 1. The smallest absolute Gasteiger partial charge is 0.236 e. The molecule has 27 heavy (non-hydrogen) atoms. The van der Waals surface area contributed by atoms with Crippen LogP contribution in [-0.2, 0) is 27.8 Å². The number of hydrogen-bond donors (Lipinski definition) is 1. The highest BCUT2D eigenvalue weighted by atomic mass is 32.1. The molecule has 0 saturated carbocycles. The Hall–Kier alpha value is -1.72. The molecule has 144 valence electrons. The third-order valence-corrected chi connectivity index (χ3v) is 7.10. The van der Waals surface area contributed by atoms with Crippen LogP contribution in [0.2, 0.25) is 0 Å². The molecular formula is C22H28N2O2S. The molecule has 1 aromatic carbocycles. The van der Waals surface area contributed by atoms with E-state index in [2.05, 4.69) is 24.4 Å². The molecular weight excluding hydrogens is 356 g/mol. The van der Waals surface area contributed by atoms with E-state index in [1.54, 1.807) is 11.3 Å². The summed E-state index contributed by atoms with van der Waals surface area (Å²) in [4.78, 5) is 19.5. The summed E-state index contributed by atoms with van der Waals surface area (Å²) in [5.74, 6) is 0.839. The van der Waals surface area contributed by atoms with Crippen LogP contribution in [0.4, 0.5) is 5.13 Å². The summed E-state index contributed by atoms with van der Waals surface area (Å²) in [6.45, 7) is 3.50. The predicted molar refractivity (Wildman–Crippen MR) is 109 cm³/mol. The minimum atomic E-state index is -0.517. The second-order valence-corrected chi connectivity index (χ2v) is 8.88. The average molecular weight is 385 g/mol. The van der Waals surface area contributed by atoms with Crippen LogP contribution in [0.1, 0.15) is 55.2 Å². The maximum absolute atomic E-state index is 13.4. The monoisotopic (exact) mass is 384 g/mol. The summed E-state index contributed by atoms with van der Waals surface area (Å²) in [5.41, 5.74) is 1.76. The molecule has 1 saturated heterocycles. The molecule has 2 aliphatic rings. The van der Waals surface area contributed by atoms with Crippen molar-refractivity contribution in [2.45, 2.75) is 57.3 Å². The number of nitrogens with zero attached hydrogens (tertiary/aromatic N) is 1. The zero-order valence-corrected chi connectivity index (χ0v) is 16.8. The zero-order chi connectivity index (χ0) is 18.7. The van der Waals surface area contributed by atoms with Gasteiger partial charge in [0.1, 0.15) is 0 Å². The van der Waals surface area contributed by atoms with Crippen molar-refractivity contribution in [1.82, 2.24) is 4.98 Å². The highest BCUT2D eigenvalue weighted by molar-refractivity contribution is 7.15. The number of carbonyl (C=O) groups is 1. The zero-order valence-electron chi connectivity index (χ0n) is 16.0. The molecule has 2 heterocycles. The van der Waals surface area contributed by atoms with Crippen LogP contribution in [0.25, 0.3) is 0 Å². The van der Waals surface area contributed by atoms with Crippen LogP contribution in [0.3, 0.4) is 0 Å². The number of rotatable bonds is 5. The molecule has 1 aliphatic carbocycles. The fourth-order valence-electron chi connectivity index (χ4n) is 4.49. The number of aromatic nitrogens is 1. The van der Waals surface area contributed by atoms with Crippen LogP contribution in [0.5, 0.6) is 0 Å². The normalized spacial score (nSPS) is 21.4. The number of benzene rings is 1. The topological polar surface area (TPSA) is 51.2 Å². The van der Waals surface area contributed by atoms with Gasteiger partial charge in [-0.1, -0.05) is 50.1 Å². The third-order valence-electron chi connectivity index (χ3n) is 6.07. The van der Waals surface area contributed by atoms with Gasteiger partial charge in [-0.05, 0) is 43.6 Å². The molecule has 4 nitrogen and oxygen atoms in total. The highest BCUT2D eigenvalue weighted by Crippen LogP contribution is 2.38. The Balaban J connectivity index is 1.54. The number of fused-ring (bicyclic) bond motifs is 1. The van der Waals surface area contributed by atoms with Gasteiger partial charge in [0.15, 0.2) is 5.13 Å². The number of thiazole rings is 1. The van der Waals surface area contributed by atoms with E-state index in [1.165, 1.54) is 29.8 Å². The second-order valence-electron chi connectivity index (χ2n) is 7.80. The molecule has 5 heteroatoms. The van der Waals surface area contributed by atoms with Gasteiger partial charge in [-0.25, -0.2) is 4.98 Å². The van der Waals surface area contributed by atoms with Gasteiger partial charge < -0.3 is 10.1 Å². The van der Waals surface area contributed by atoms with Crippen molar-refractivity contribution in [3.8, 4) is 0 Å². The molecule has 4 rings (SSSR count). The molecule has 1 aliphatic heterocycles. The van der Waals surface area contributed by atoms with Gasteiger partial charge in [0.05, 0.1) is 11.1 Å². The lowest BCUT2D eigenvalue weighted by molar-refractivity contribution is -0.125. The van der Waals surface area contributed by atoms with Gasteiger partial charge in [0, 0.05) is 18.1 Å². The standard InChI is InChI=1S/C22H28N2O2S/c1-2-6-16-9-10-18-19(15-16)27-21(23-18)24-20(25)22(11-13-26-14-12-22)17-7-4-3-5-8-17/h3-5,7-8,16H,2,6,9-15H2,1H3,(H,23,24,25). The van der Waals surface area contributed by atoms with Crippen molar-refractivity contribution >= 4 is 22.4 Å². The first-order valence-corrected chi connectivity index (χ1v) is 11.0. The predicted octanol–water partition coefficient (Wildman–Crippen LogP) is 4.74. The first-order valence-electron chi connectivity index (χ1n) is 10.1. The quantitative estimate of drug-likeness (QED) is 0.810. The molecule has 0 spiro atoms. The Morgan fingerprint density at radius 2 is 2.07 bits per heavy atom. The van der Waals surface area contributed by atoms with Crippen molar-refractivity contribution < 1.29 is 9.53 Å². The molecule has 1 atom stereocenters. The van der Waals surface area contributed by atoms with Crippen LogP contribution in [-0.4, -0.2) is 24.1 Å². The van der Waals surface area contributed by atoms with E-state index in [1.807, 2.05) is 18.2 Å². The van der Waals surface area contributed by atoms with E-state index in [-0.39, 0.29) is 5.91 Å². The Morgan fingerprint density at radius 1 is 1.30 bits per heavy atom. The fraction of sp³-hybridized carbons (Fsp3) is 0.545. The Labute approximate surface area is 165 Å². The largest absolute Gasteiger partial charge is 0.381 e. The summed E-state index contributed by atoms with van der Waals surface area (Å²) < 4.78 is 5.55. The van der Waals surface area contributed by atoms with Gasteiger partial charge in [0.2, 0.25) is 5.91 Å². The Morgan fingerprint density at radius 3 is 2.81 bits per heavy atom. The minimum Gasteiger partial charge on any atom is -0.381 e. The SMILES string of the molecule is CCCC1CCc2nc(NC(=O)C3(c4ccccc4)CCOCC3)sc2C1. The van der Waals surface area contributed by atoms with Gasteiger partial charge >= 0.3 is 0 Å². The van der Waals surface area contributed by atoms with Crippen molar-refractivity contribution in [1.29, 1.82) is 0 Å².